The summed E-state index contributed by atoms with van der Waals surface area (Å²) in [5.74, 6) is 1.66. The van der Waals surface area contributed by atoms with Gasteiger partial charge in [-0.1, -0.05) is 35.3 Å². The van der Waals surface area contributed by atoms with Crippen molar-refractivity contribution >= 4 is 51.6 Å². The molecule has 2 aromatic carbocycles. The summed E-state index contributed by atoms with van der Waals surface area (Å²) in [5, 5.41) is 8.37. The van der Waals surface area contributed by atoms with E-state index in [0.717, 1.165) is 55.1 Å². The van der Waals surface area contributed by atoms with E-state index in [1.165, 1.54) is 0 Å². The fourth-order valence-corrected chi connectivity index (χ4v) is 4.37. The molecule has 2 heterocycles. The molecule has 1 aliphatic heterocycles. The number of benzene rings is 2. The van der Waals surface area contributed by atoms with Crippen LogP contribution in [0, 0.1) is 0 Å². The smallest absolute Gasteiger partial charge is 0.321 e. The molecule has 3 aromatic rings. The topological polar surface area (TPSA) is 76.6 Å². The lowest BCUT2D eigenvalue weighted by Gasteiger charge is -2.34. The van der Waals surface area contributed by atoms with Crippen molar-refractivity contribution in [2.45, 2.75) is 13.0 Å². The maximum atomic E-state index is 12.7. The summed E-state index contributed by atoms with van der Waals surface area (Å²) in [6, 6.07) is 12.9. The number of amides is 2. The molecule has 0 spiro atoms. The molecular weight excluding hydrogens is 485 g/mol. The lowest BCUT2D eigenvalue weighted by Crippen LogP contribution is -2.49. The maximum Gasteiger partial charge on any atom is 0.321 e. The molecule has 0 saturated carbocycles. The molecule has 0 unspecified atom stereocenters. The molecule has 0 radical (unpaired) electrons. The molecule has 2 N–H and O–H groups in total. The highest BCUT2D eigenvalue weighted by Crippen LogP contribution is 2.26. The molecule has 2 amide bonds. The second kappa shape index (κ2) is 11.9. The number of nitrogens with one attached hydrogen (secondary N) is 2. The van der Waals surface area contributed by atoms with Crippen molar-refractivity contribution in [3.05, 3.63) is 58.3 Å². The number of hydrogen-bond donors (Lipinski definition) is 2. The number of fused-ring (bicyclic) bond motifs is 1. The Kier molecular flexibility index (Phi) is 8.62. The largest absolute Gasteiger partial charge is 0.369 e. The van der Waals surface area contributed by atoms with Gasteiger partial charge in [-0.25, -0.2) is 14.8 Å². The highest BCUT2D eigenvalue weighted by atomic mass is 35.5. The van der Waals surface area contributed by atoms with E-state index >= 15 is 0 Å². The van der Waals surface area contributed by atoms with Gasteiger partial charge in [-0.15, -0.1) is 0 Å². The van der Waals surface area contributed by atoms with E-state index in [0.29, 0.717) is 35.4 Å². The first-order chi connectivity index (χ1) is 16.9. The summed E-state index contributed by atoms with van der Waals surface area (Å²) in [7, 11) is 4.15. The standard InChI is InChI=1S/C25H31Cl2N7O/c1-32(2)11-5-10-28-24-19-6-3-4-7-21(19)29-23(31-24)17-33-12-14-34(15-13-33)25(35)30-22-16-18(26)8-9-20(22)27/h3-4,6-9,16H,5,10-15,17H2,1-2H3,(H,30,35)(H,28,29,31). The van der Waals surface area contributed by atoms with E-state index in [4.69, 9.17) is 33.2 Å². The molecule has 35 heavy (non-hydrogen) atoms. The third kappa shape index (κ3) is 6.95. The number of anilines is 2. The molecule has 10 heteroatoms. The molecule has 1 aromatic heterocycles. The number of carbonyl (C=O) groups is 1. The van der Waals surface area contributed by atoms with Crippen LogP contribution < -0.4 is 10.6 Å². The minimum atomic E-state index is -0.181. The summed E-state index contributed by atoms with van der Waals surface area (Å²) in [5.41, 5.74) is 1.45. The monoisotopic (exact) mass is 515 g/mol. The number of urea groups is 1. The number of piperazine rings is 1. The summed E-state index contributed by atoms with van der Waals surface area (Å²) in [6.45, 7) is 5.18. The summed E-state index contributed by atoms with van der Waals surface area (Å²) in [4.78, 5) is 28.6. The number of carbonyl (C=O) groups excluding carboxylic acids is 1. The van der Waals surface area contributed by atoms with Crippen molar-refractivity contribution in [2.75, 3.05) is 64.0 Å². The third-order valence-corrected chi connectivity index (χ3v) is 6.48. The fraction of sp³-hybridized carbons (Fsp3) is 0.400. The zero-order valence-electron chi connectivity index (χ0n) is 20.1. The molecule has 0 atom stereocenters. The first kappa shape index (κ1) is 25.4. The Morgan fingerprint density at radius 2 is 1.83 bits per heavy atom. The van der Waals surface area contributed by atoms with Gasteiger partial charge in [0.25, 0.3) is 0 Å². The lowest BCUT2D eigenvalue weighted by atomic mass is 10.2. The van der Waals surface area contributed by atoms with Crippen molar-refractivity contribution in [1.29, 1.82) is 0 Å². The molecule has 1 fully saturated rings. The van der Waals surface area contributed by atoms with Crippen molar-refractivity contribution in [1.82, 2.24) is 24.7 Å². The van der Waals surface area contributed by atoms with E-state index in [1.54, 1.807) is 23.1 Å². The number of aromatic nitrogens is 2. The zero-order chi connectivity index (χ0) is 24.8. The molecule has 186 valence electrons. The molecule has 0 aliphatic carbocycles. The predicted molar refractivity (Wildman–Crippen MR) is 144 cm³/mol. The van der Waals surface area contributed by atoms with Gasteiger partial charge in [0.1, 0.15) is 11.6 Å². The van der Waals surface area contributed by atoms with Crippen LogP contribution >= 0.6 is 23.2 Å². The highest BCUT2D eigenvalue weighted by Gasteiger charge is 2.23. The number of nitrogens with zero attached hydrogens (tertiary/aromatic N) is 5. The maximum absolute atomic E-state index is 12.7. The van der Waals surface area contributed by atoms with Crippen LogP contribution in [-0.4, -0.2) is 84.1 Å². The van der Waals surface area contributed by atoms with E-state index < -0.39 is 0 Å². The van der Waals surface area contributed by atoms with Crippen LogP contribution in [0.15, 0.2) is 42.5 Å². The molecule has 4 rings (SSSR count). The SMILES string of the molecule is CN(C)CCCNc1nc(CN2CCN(C(=O)Nc3cc(Cl)ccc3Cl)CC2)nc2ccccc12. The van der Waals surface area contributed by atoms with E-state index in [-0.39, 0.29) is 6.03 Å². The van der Waals surface area contributed by atoms with Crippen LogP contribution in [0.1, 0.15) is 12.2 Å². The molecule has 0 bridgehead atoms. The average molecular weight is 516 g/mol. The Labute approximate surface area is 216 Å². The second-order valence-electron chi connectivity index (χ2n) is 8.91. The second-order valence-corrected chi connectivity index (χ2v) is 9.75. The third-order valence-electron chi connectivity index (χ3n) is 5.92. The van der Waals surface area contributed by atoms with Gasteiger partial charge in [-0.2, -0.15) is 0 Å². The fourth-order valence-electron chi connectivity index (χ4n) is 4.03. The number of para-hydroxylation sites is 1. The normalized spacial score (nSPS) is 14.5. The Morgan fingerprint density at radius 1 is 1.06 bits per heavy atom. The first-order valence-electron chi connectivity index (χ1n) is 11.8. The summed E-state index contributed by atoms with van der Waals surface area (Å²) >= 11 is 12.2. The van der Waals surface area contributed by atoms with Crippen molar-refractivity contribution in [3.8, 4) is 0 Å². The van der Waals surface area contributed by atoms with Gasteiger partial charge in [0.15, 0.2) is 0 Å². The quantitative estimate of drug-likeness (QED) is 0.425. The Hall–Kier alpha value is -2.65. The van der Waals surface area contributed by atoms with Gasteiger partial charge >= 0.3 is 6.03 Å². The minimum Gasteiger partial charge on any atom is -0.369 e. The van der Waals surface area contributed by atoms with Crippen LogP contribution in [0.25, 0.3) is 10.9 Å². The predicted octanol–water partition coefficient (Wildman–Crippen LogP) is 4.65. The summed E-state index contributed by atoms with van der Waals surface area (Å²) in [6.07, 6.45) is 1.03. The highest BCUT2D eigenvalue weighted by molar-refractivity contribution is 6.35. The Morgan fingerprint density at radius 3 is 2.60 bits per heavy atom. The molecule has 8 nitrogen and oxygen atoms in total. The minimum absolute atomic E-state index is 0.181. The van der Waals surface area contributed by atoms with Crippen LogP contribution in [0.2, 0.25) is 10.0 Å². The van der Waals surface area contributed by atoms with Crippen LogP contribution in [0.3, 0.4) is 0 Å². The molecular formula is C25H31Cl2N7O. The molecule has 1 saturated heterocycles. The van der Waals surface area contributed by atoms with Crippen LogP contribution in [-0.2, 0) is 6.54 Å². The van der Waals surface area contributed by atoms with E-state index in [1.807, 2.05) is 18.2 Å². The number of hydrogen-bond acceptors (Lipinski definition) is 6. The van der Waals surface area contributed by atoms with Gasteiger partial charge in [0, 0.05) is 43.1 Å². The lowest BCUT2D eigenvalue weighted by molar-refractivity contribution is 0.141. The Bertz CT molecular complexity index is 1170. The van der Waals surface area contributed by atoms with Gasteiger partial charge in [0.05, 0.1) is 22.8 Å². The van der Waals surface area contributed by atoms with Gasteiger partial charge in [0.2, 0.25) is 0 Å². The van der Waals surface area contributed by atoms with Crippen LogP contribution in [0.5, 0.6) is 0 Å². The summed E-state index contributed by atoms with van der Waals surface area (Å²) < 4.78 is 0. The van der Waals surface area contributed by atoms with Gasteiger partial charge < -0.3 is 20.4 Å². The zero-order valence-corrected chi connectivity index (χ0v) is 21.6. The van der Waals surface area contributed by atoms with Crippen LogP contribution in [0.4, 0.5) is 16.3 Å². The van der Waals surface area contributed by atoms with Crippen molar-refractivity contribution in [2.24, 2.45) is 0 Å². The first-order valence-corrected chi connectivity index (χ1v) is 12.5. The number of halogens is 2. The number of rotatable bonds is 8. The molecule has 1 aliphatic rings. The van der Waals surface area contributed by atoms with E-state index in [2.05, 4.69) is 40.6 Å². The van der Waals surface area contributed by atoms with Crippen molar-refractivity contribution < 1.29 is 4.79 Å². The van der Waals surface area contributed by atoms with Gasteiger partial charge in [-0.05, 0) is 57.4 Å². The van der Waals surface area contributed by atoms with E-state index in [9.17, 15) is 4.79 Å². The van der Waals surface area contributed by atoms with Gasteiger partial charge in [-0.3, -0.25) is 4.90 Å². The Balaban J connectivity index is 1.36. The van der Waals surface area contributed by atoms with Crippen molar-refractivity contribution in [3.63, 3.8) is 0 Å². The average Bonchev–Trinajstić information content (AvgIpc) is 2.84.